The van der Waals surface area contributed by atoms with E-state index in [1.54, 1.807) is 14.0 Å². The van der Waals surface area contributed by atoms with Crippen LogP contribution in [0.2, 0.25) is 0 Å². The van der Waals surface area contributed by atoms with Crippen LogP contribution in [-0.2, 0) is 4.74 Å². The summed E-state index contributed by atoms with van der Waals surface area (Å²) < 4.78 is 5.89. The third-order valence-corrected chi connectivity index (χ3v) is 6.52. The Kier molecular flexibility index (Phi) is 8.08. The van der Waals surface area contributed by atoms with Gasteiger partial charge >= 0.3 is 0 Å². The van der Waals surface area contributed by atoms with E-state index in [2.05, 4.69) is 15.5 Å². The van der Waals surface area contributed by atoms with Gasteiger partial charge in [-0.2, -0.15) is 0 Å². The molecule has 7 nitrogen and oxygen atoms in total. The first-order chi connectivity index (χ1) is 14.4. The molecular weight excluding hydrogens is 378 g/mol. The van der Waals surface area contributed by atoms with E-state index in [4.69, 9.17) is 15.5 Å². The highest BCUT2D eigenvalue weighted by molar-refractivity contribution is 5.99. The number of pyridine rings is 1. The SMILES string of the molecule is COC1CN(c2nc(C)c(C)cc2C(=O)NC(C)N)CCC1NC1CCCCCC1. The summed E-state index contributed by atoms with van der Waals surface area (Å²) in [6.45, 7) is 7.29. The van der Waals surface area contributed by atoms with Gasteiger partial charge in [-0.15, -0.1) is 0 Å². The van der Waals surface area contributed by atoms with Crippen molar-refractivity contribution in [3.05, 3.63) is 22.9 Å². The molecule has 1 aromatic heterocycles. The van der Waals surface area contributed by atoms with Crippen molar-refractivity contribution in [1.29, 1.82) is 0 Å². The molecule has 168 valence electrons. The molecule has 1 aromatic rings. The number of carbonyl (C=O) groups is 1. The lowest BCUT2D eigenvalue weighted by Gasteiger charge is -2.41. The lowest BCUT2D eigenvalue weighted by molar-refractivity contribution is 0.0545. The minimum atomic E-state index is -0.409. The average molecular weight is 418 g/mol. The van der Waals surface area contributed by atoms with E-state index in [9.17, 15) is 4.79 Å². The molecule has 2 heterocycles. The molecule has 0 radical (unpaired) electrons. The van der Waals surface area contributed by atoms with Crippen LogP contribution in [0.25, 0.3) is 0 Å². The summed E-state index contributed by atoms with van der Waals surface area (Å²) in [7, 11) is 1.79. The molecule has 0 aromatic carbocycles. The van der Waals surface area contributed by atoms with E-state index in [0.29, 0.717) is 17.6 Å². The normalized spacial score (nSPS) is 24.4. The summed E-state index contributed by atoms with van der Waals surface area (Å²) in [4.78, 5) is 19.8. The number of piperidine rings is 1. The fourth-order valence-corrected chi connectivity index (χ4v) is 4.67. The van der Waals surface area contributed by atoms with Crippen LogP contribution >= 0.6 is 0 Å². The molecule has 1 saturated carbocycles. The van der Waals surface area contributed by atoms with E-state index < -0.39 is 6.17 Å². The molecule has 2 aliphatic rings. The largest absolute Gasteiger partial charge is 0.378 e. The third-order valence-electron chi connectivity index (χ3n) is 6.52. The lowest BCUT2D eigenvalue weighted by atomic mass is 9.98. The van der Waals surface area contributed by atoms with Crippen LogP contribution in [0, 0.1) is 13.8 Å². The van der Waals surface area contributed by atoms with Crippen molar-refractivity contribution in [2.75, 3.05) is 25.1 Å². The number of aryl methyl sites for hydroxylation is 2. The van der Waals surface area contributed by atoms with Crippen LogP contribution in [0.4, 0.5) is 5.82 Å². The number of carbonyl (C=O) groups excluding carboxylic acids is 1. The number of hydrogen-bond acceptors (Lipinski definition) is 6. The van der Waals surface area contributed by atoms with Crippen molar-refractivity contribution in [2.24, 2.45) is 5.73 Å². The molecule has 0 spiro atoms. The van der Waals surface area contributed by atoms with Gasteiger partial charge in [-0.1, -0.05) is 25.7 Å². The molecule has 3 unspecified atom stereocenters. The van der Waals surface area contributed by atoms with Gasteiger partial charge in [-0.05, 0) is 51.7 Å². The molecule has 1 amide bonds. The Morgan fingerprint density at radius 2 is 1.93 bits per heavy atom. The fourth-order valence-electron chi connectivity index (χ4n) is 4.67. The molecule has 3 atom stereocenters. The minimum absolute atomic E-state index is 0.0646. The predicted octanol–water partition coefficient (Wildman–Crippen LogP) is 2.64. The van der Waals surface area contributed by atoms with Gasteiger partial charge in [0.05, 0.1) is 17.8 Å². The van der Waals surface area contributed by atoms with Gasteiger partial charge in [0, 0.05) is 38.0 Å². The van der Waals surface area contributed by atoms with Crippen molar-refractivity contribution in [2.45, 2.75) is 90.1 Å². The fraction of sp³-hybridized carbons (Fsp3) is 0.739. The third kappa shape index (κ3) is 5.71. The molecule has 0 bridgehead atoms. The molecule has 2 fully saturated rings. The van der Waals surface area contributed by atoms with Crippen molar-refractivity contribution in [3.8, 4) is 0 Å². The van der Waals surface area contributed by atoms with Gasteiger partial charge in [-0.25, -0.2) is 4.98 Å². The summed E-state index contributed by atoms with van der Waals surface area (Å²) >= 11 is 0. The molecular formula is C23H39N5O2. The second kappa shape index (κ2) is 10.6. The first kappa shape index (κ1) is 23.0. The monoisotopic (exact) mass is 417 g/mol. The lowest BCUT2D eigenvalue weighted by Crippen LogP contribution is -2.56. The van der Waals surface area contributed by atoms with Crippen molar-refractivity contribution < 1.29 is 9.53 Å². The zero-order valence-electron chi connectivity index (χ0n) is 19.0. The van der Waals surface area contributed by atoms with E-state index in [1.807, 2.05) is 19.9 Å². The summed E-state index contributed by atoms with van der Waals surface area (Å²) in [5, 5.41) is 6.69. The molecule has 1 aliphatic heterocycles. The summed E-state index contributed by atoms with van der Waals surface area (Å²) in [5.74, 6) is 0.550. The number of ether oxygens (including phenoxy) is 1. The summed E-state index contributed by atoms with van der Waals surface area (Å²) in [6.07, 6.45) is 8.50. The van der Waals surface area contributed by atoms with Gasteiger partial charge in [-0.3, -0.25) is 4.79 Å². The van der Waals surface area contributed by atoms with Gasteiger partial charge in [0.1, 0.15) is 5.82 Å². The van der Waals surface area contributed by atoms with Gasteiger partial charge < -0.3 is 26.0 Å². The highest BCUT2D eigenvalue weighted by atomic mass is 16.5. The highest BCUT2D eigenvalue weighted by Gasteiger charge is 2.33. The number of nitrogens with zero attached hydrogens (tertiary/aromatic N) is 2. The van der Waals surface area contributed by atoms with Gasteiger partial charge in [0.2, 0.25) is 0 Å². The topological polar surface area (TPSA) is 92.5 Å². The number of amides is 1. The van der Waals surface area contributed by atoms with Crippen LogP contribution in [0.1, 0.15) is 73.5 Å². The molecule has 30 heavy (non-hydrogen) atoms. The van der Waals surface area contributed by atoms with Crippen molar-refractivity contribution >= 4 is 11.7 Å². The number of nitrogens with two attached hydrogens (primary N) is 1. The van der Waals surface area contributed by atoms with Gasteiger partial charge in [0.15, 0.2) is 0 Å². The Balaban J connectivity index is 1.75. The van der Waals surface area contributed by atoms with Crippen LogP contribution in [-0.4, -0.2) is 55.4 Å². The van der Waals surface area contributed by atoms with Crippen LogP contribution < -0.4 is 21.3 Å². The molecule has 4 N–H and O–H groups in total. The second-order valence-corrected chi connectivity index (χ2v) is 8.99. The van der Waals surface area contributed by atoms with Crippen LogP contribution in [0.3, 0.4) is 0 Å². The Hall–Kier alpha value is -1.70. The predicted molar refractivity (Wildman–Crippen MR) is 121 cm³/mol. The quantitative estimate of drug-likeness (QED) is 0.487. The van der Waals surface area contributed by atoms with Gasteiger partial charge in [0.25, 0.3) is 5.91 Å². The number of anilines is 1. The van der Waals surface area contributed by atoms with Crippen LogP contribution in [0.15, 0.2) is 6.07 Å². The maximum absolute atomic E-state index is 12.8. The molecule has 7 heteroatoms. The summed E-state index contributed by atoms with van der Waals surface area (Å²) in [5.41, 5.74) is 8.32. The van der Waals surface area contributed by atoms with Crippen LogP contribution in [0.5, 0.6) is 0 Å². The summed E-state index contributed by atoms with van der Waals surface area (Å²) in [6, 6.07) is 2.85. The van der Waals surface area contributed by atoms with Crippen molar-refractivity contribution in [1.82, 2.24) is 15.6 Å². The molecule has 1 saturated heterocycles. The van der Waals surface area contributed by atoms with E-state index >= 15 is 0 Å². The number of aromatic nitrogens is 1. The molecule has 3 rings (SSSR count). The first-order valence-electron chi connectivity index (χ1n) is 11.5. The Morgan fingerprint density at radius 1 is 1.23 bits per heavy atom. The zero-order valence-corrected chi connectivity index (χ0v) is 19.0. The Morgan fingerprint density at radius 3 is 2.57 bits per heavy atom. The Labute approximate surface area is 181 Å². The van der Waals surface area contributed by atoms with E-state index in [-0.39, 0.29) is 12.0 Å². The number of nitrogens with one attached hydrogen (secondary N) is 2. The Bertz CT molecular complexity index is 716. The second-order valence-electron chi connectivity index (χ2n) is 8.99. The van der Waals surface area contributed by atoms with E-state index in [1.165, 1.54) is 38.5 Å². The number of rotatable bonds is 6. The number of hydrogen-bond donors (Lipinski definition) is 3. The van der Waals surface area contributed by atoms with E-state index in [0.717, 1.165) is 36.6 Å². The smallest absolute Gasteiger partial charge is 0.256 e. The number of methoxy groups -OCH3 is 1. The highest BCUT2D eigenvalue weighted by Crippen LogP contribution is 2.27. The minimum Gasteiger partial charge on any atom is -0.378 e. The molecule has 1 aliphatic carbocycles. The maximum atomic E-state index is 12.8. The maximum Gasteiger partial charge on any atom is 0.256 e. The first-order valence-corrected chi connectivity index (χ1v) is 11.5. The standard InChI is InChI=1S/C23H39N5O2/c1-15-13-19(23(29)26-17(3)24)22(25-16(15)2)28-12-11-20(21(14-28)30-4)27-18-9-7-5-6-8-10-18/h13,17-18,20-21,27H,5-12,14,24H2,1-4H3,(H,26,29). The van der Waals surface area contributed by atoms with Crippen molar-refractivity contribution in [3.63, 3.8) is 0 Å². The average Bonchev–Trinajstić information content (AvgIpc) is 2.98. The zero-order chi connectivity index (χ0) is 21.7.